The number of rotatable bonds is 6. The number of carbonyl (C=O) groups excluding carboxylic acids is 1. The number of aromatic nitrogens is 2. The van der Waals surface area contributed by atoms with Gasteiger partial charge in [-0.05, 0) is 36.6 Å². The van der Waals surface area contributed by atoms with Crippen LogP contribution in [0.5, 0.6) is 0 Å². The number of thiazole rings is 1. The third kappa shape index (κ3) is 3.95. The summed E-state index contributed by atoms with van der Waals surface area (Å²) in [6, 6.07) is 8.05. The monoisotopic (exact) mass is 364 g/mol. The number of hydrogen-bond donors (Lipinski definition) is 2. The number of nitrogens with two attached hydrogens (primary N) is 1. The zero-order valence-corrected chi connectivity index (χ0v) is 15.1. The van der Waals surface area contributed by atoms with Crippen molar-refractivity contribution in [3.63, 3.8) is 0 Å². The largest absolute Gasteiger partial charge is 0.347 e. The van der Waals surface area contributed by atoms with Gasteiger partial charge in [0.25, 0.3) is 5.91 Å². The standard InChI is InChI=1S/C17H20N4OS.ClH/c1-2-8-21-9-6-12-3-4-13(10-15(12)21)19-17(22)14-11-23-16(20-14)5-7-18;/h3-4,6,9-11H,2,5,7-8,18H2,1H3,(H,19,22);1H. The maximum absolute atomic E-state index is 12.3. The topological polar surface area (TPSA) is 72.9 Å². The van der Waals surface area contributed by atoms with Crippen molar-refractivity contribution >= 4 is 46.2 Å². The molecule has 3 aromatic rings. The first-order valence-corrected chi connectivity index (χ1v) is 8.64. The van der Waals surface area contributed by atoms with E-state index in [0.29, 0.717) is 18.7 Å². The summed E-state index contributed by atoms with van der Waals surface area (Å²) in [6.45, 7) is 3.66. The maximum atomic E-state index is 12.3. The summed E-state index contributed by atoms with van der Waals surface area (Å²) in [5.74, 6) is -0.183. The number of halogens is 1. The van der Waals surface area contributed by atoms with Crippen molar-refractivity contribution in [3.05, 3.63) is 46.5 Å². The van der Waals surface area contributed by atoms with Gasteiger partial charge in [0, 0.05) is 30.2 Å². The van der Waals surface area contributed by atoms with Gasteiger partial charge in [0.2, 0.25) is 0 Å². The molecule has 0 saturated carbocycles. The Balaban J connectivity index is 0.00000208. The molecule has 5 nitrogen and oxygen atoms in total. The van der Waals surface area contributed by atoms with Crippen LogP contribution in [0.4, 0.5) is 5.69 Å². The van der Waals surface area contributed by atoms with Crippen LogP contribution < -0.4 is 11.1 Å². The molecular formula is C17H21ClN4OS. The summed E-state index contributed by atoms with van der Waals surface area (Å²) in [5, 5.41) is 6.77. The molecule has 0 saturated heterocycles. The second-order valence-electron chi connectivity index (χ2n) is 5.40. The third-order valence-electron chi connectivity index (χ3n) is 3.64. The Kier molecular flexibility index (Phi) is 6.36. The van der Waals surface area contributed by atoms with Gasteiger partial charge in [-0.3, -0.25) is 4.79 Å². The number of hydrogen-bond acceptors (Lipinski definition) is 4. The number of carbonyl (C=O) groups is 1. The summed E-state index contributed by atoms with van der Waals surface area (Å²) < 4.78 is 2.20. The van der Waals surface area contributed by atoms with E-state index >= 15 is 0 Å². The SMILES string of the molecule is CCCn1ccc2ccc(NC(=O)c3csc(CCN)n3)cc21.Cl. The summed E-state index contributed by atoms with van der Waals surface area (Å²) in [6.07, 6.45) is 3.86. The molecule has 0 aliphatic heterocycles. The molecule has 0 radical (unpaired) electrons. The van der Waals surface area contributed by atoms with Gasteiger partial charge in [-0.1, -0.05) is 13.0 Å². The Labute approximate surface area is 151 Å². The summed E-state index contributed by atoms with van der Waals surface area (Å²) in [5.41, 5.74) is 7.88. The van der Waals surface area contributed by atoms with E-state index in [1.165, 1.54) is 16.7 Å². The Hall–Kier alpha value is -1.89. The lowest BCUT2D eigenvalue weighted by Crippen LogP contribution is -2.13. The molecule has 0 aliphatic carbocycles. The molecule has 2 heterocycles. The highest BCUT2D eigenvalue weighted by Crippen LogP contribution is 2.21. The average Bonchev–Trinajstić information content (AvgIpc) is 3.16. The van der Waals surface area contributed by atoms with Gasteiger partial charge in [0.05, 0.1) is 10.5 Å². The first-order valence-electron chi connectivity index (χ1n) is 7.76. The molecule has 1 aromatic carbocycles. The molecule has 0 bridgehead atoms. The van der Waals surface area contributed by atoms with Crippen LogP contribution in [0.2, 0.25) is 0 Å². The van der Waals surface area contributed by atoms with Crippen LogP contribution in [0.25, 0.3) is 10.9 Å². The Morgan fingerprint density at radius 3 is 2.96 bits per heavy atom. The number of nitrogens with zero attached hydrogens (tertiary/aromatic N) is 2. The van der Waals surface area contributed by atoms with Crippen LogP contribution in [0.3, 0.4) is 0 Å². The van der Waals surface area contributed by atoms with Crippen molar-refractivity contribution in [2.24, 2.45) is 5.73 Å². The molecule has 3 N–H and O–H groups in total. The van der Waals surface area contributed by atoms with Gasteiger partial charge >= 0.3 is 0 Å². The normalized spacial score (nSPS) is 10.6. The van der Waals surface area contributed by atoms with Crippen molar-refractivity contribution in [1.82, 2.24) is 9.55 Å². The molecule has 2 aromatic heterocycles. The van der Waals surface area contributed by atoms with Crippen LogP contribution in [0, 0.1) is 0 Å². The van der Waals surface area contributed by atoms with Gasteiger partial charge in [-0.25, -0.2) is 4.98 Å². The third-order valence-corrected chi connectivity index (χ3v) is 4.55. The van der Waals surface area contributed by atoms with Gasteiger partial charge in [-0.2, -0.15) is 0 Å². The lowest BCUT2D eigenvalue weighted by atomic mass is 10.2. The van der Waals surface area contributed by atoms with E-state index in [1.807, 2.05) is 18.2 Å². The number of amides is 1. The fourth-order valence-corrected chi connectivity index (χ4v) is 3.34. The zero-order valence-electron chi connectivity index (χ0n) is 13.5. The fourth-order valence-electron chi connectivity index (χ4n) is 2.55. The Morgan fingerprint density at radius 1 is 1.38 bits per heavy atom. The fraction of sp³-hybridized carbons (Fsp3) is 0.294. The van der Waals surface area contributed by atoms with Crippen LogP contribution in [-0.2, 0) is 13.0 Å². The molecule has 128 valence electrons. The number of benzene rings is 1. The molecule has 0 fully saturated rings. The molecule has 7 heteroatoms. The Bertz CT molecular complexity index is 827. The van der Waals surface area contributed by atoms with Crippen molar-refractivity contribution < 1.29 is 4.79 Å². The predicted molar refractivity (Wildman–Crippen MR) is 102 cm³/mol. The highest BCUT2D eigenvalue weighted by molar-refractivity contribution is 7.09. The van der Waals surface area contributed by atoms with Crippen LogP contribution in [-0.4, -0.2) is 22.0 Å². The van der Waals surface area contributed by atoms with Gasteiger partial charge in [0.1, 0.15) is 5.69 Å². The number of fused-ring (bicyclic) bond motifs is 1. The van der Waals surface area contributed by atoms with Crippen molar-refractivity contribution in [2.45, 2.75) is 26.3 Å². The van der Waals surface area contributed by atoms with E-state index in [2.05, 4.69) is 34.1 Å². The molecule has 0 atom stereocenters. The molecule has 0 spiro atoms. The lowest BCUT2D eigenvalue weighted by molar-refractivity contribution is 0.102. The van der Waals surface area contributed by atoms with Crippen molar-refractivity contribution in [3.8, 4) is 0 Å². The quantitative estimate of drug-likeness (QED) is 0.700. The highest BCUT2D eigenvalue weighted by atomic mass is 35.5. The minimum atomic E-state index is -0.183. The minimum Gasteiger partial charge on any atom is -0.347 e. The van der Waals surface area contributed by atoms with E-state index in [9.17, 15) is 4.79 Å². The van der Waals surface area contributed by atoms with Crippen LogP contribution in [0.1, 0.15) is 28.8 Å². The van der Waals surface area contributed by atoms with E-state index in [-0.39, 0.29) is 18.3 Å². The van der Waals surface area contributed by atoms with E-state index in [0.717, 1.165) is 29.2 Å². The average molecular weight is 365 g/mol. The lowest BCUT2D eigenvalue weighted by Gasteiger charge is -2.06. The zero-order chi connectivity index (χ0) is 16.2. The summed E-state index contributed by atoms with van der Waals surface area (Å²) in [7, 11) is 0. The van der Waals surface area contributed by atoms with Crippen LogP contribution in [0.15, 0.2) is 35.8 Å². The smallest absolute Gasteiger partial charge is 0.275 e. The number of anilines is 1. The number of aryl methyl sites for hydroxylation is 1. The molecule has 3 rings (SSSR count). The molecule has 1 amide bonds. The first kappa shape index (κ1) is 18.4. The maximum Gasteiger partial charge on any atom is 0.275 e. The van der Waals surface area contributed by atoms with E-state index in [1.54, 1.807) is 5.38 Å². The molecule has 24 heavy (non-hydrogen) atoms. The molecule has 0 unspecified atom stereocenters. The second-order valence-corrected chi connectivity index (χ2v) is 6.34. The molecular weight excluding hydrogens is 344 g/mol. The van der Waals surface area contributed by atoms with Crippen LogP contribution >= 0.6 is 23.7 Å². The first-order chi connectivity index (χ1) is 11.2. The predicted octanol–water partition coefficient (Wildman–Crippen LogP) is 3.68. The van der Waals surface area contributed by atoms with Crippen molar-refractivity contribution in [1.29, 1.82) is 0 Å². The molecule has 0 aliphatic rings. The van der Waals surface area contributed by atoms with E-state index < -0.39 is 0 Å². The van der Waals surface area contributed by atoms with Crippen molar-refractivity contribution in [2.75, 3.05) is 11.9 Å². The minimum absolute atomic E-state index is 0. The van der Waals surface area contributed by atoms with Gasteiger partial charge in [-0.15, -0.1) is 23.7 Å². The summed E-state index contributed by atoms with van der Waals surface area (Å²) >= 11 is 1.47. The number of nitrogens with one attached hydrogen (secondary N) is 1. The summed E-state index contributed by atoms with van der Waals surface area (Å²) in [4.78, 5) is 16.6. The highest BCUT2D eigenvalue weighted by Gasteiger charge is 2.11. The van der Waals surface area contributed by atoms with Gasteiger partial charge < -0.3 is 15.6 Å². The van der Waals surface area contributed by atoms with Gasteiger partial charge in [0.15, 0.2) is 0 Å². The Morgan fingerprint density at radius 2 is 2.21 bits per heavy atom. The van der Waals surface area contributed by atoms with E-state index in [4.69, 9.17) is 5.73 Å². The second kappa shape index (κ2) is 8.28.